The third-order valence-electron chi connectivity index (χ3n) is 3.01. The summed E-state index contributed by atoms with van der Waals surface area (Å²) < 4.78 is 2.79. The molecule has 2 heterocycles. The van der Waals surface area contributed by atoms with Gasteiger partial charge in [0.1, 0.15) is 16.6 Å². The van der Waals surface area contributed by atoms with Crippen molar-refractivity contribution in [3.8, 4) is 0 Å². The van der Waals surface area contributed by atoms with E-state index < -0.39 is 0 Å². The third-order valence-corrected chi connectivity index (χ3v) is 4.45. The summed E-state index contributed by atoms with van der Waals surface area (Å²) in [5.74, 6) is 1.51. The Balaban J connectivity index is 2.90. The van der Waals surface area contributed by atoms with E-state index in [1.165, 1.54) is 0 Å². The Morgan fingerprint density at radius 2 is 1.72 bits per heavy atom. The van der Waals surface area contributed by atoms with Gasteiger partial charge in [0.15, 0.2) is 0 Å². The van der Waals surface area contributed by atoms with Gasteiger partial charge in [-0.05, 0) is 21.8 Å². The number of aryl methyl sites for hydroxylation is 1. The number of nitrogens with zero attached hydrogens (tertiary/aromatic N) is 3. The molecule has 0 unspecified atom stereocenters. The van der Waals surface area contributed by atoms with Crippen molar-refractivity contribution >= 4 is 38.6 Å². The molecule has 0 N–H and O–H groups in total. The summed E-state index contributed by atoms with van der Waals surface area (Å²) in [6.07, 6.45) is 0. The van der Waals surface area contributed by atoms with E-state index in [1.54, 1.807) is 0 Å². The minimum Gasteiger partial charge on any atom is -0.318 e. The molecule has 0 radical (unpaired) electrons. The standard InChI is InChI=1S/C13H17BrClN3/c1-6(2)10-8-9(14)11(15)18(5)13(8)17-12(16-10)7(3)4/h6-7H,1-5H3. The van der Waals surface area contributed by atoms with Gasteiger partial charge in [-0.25, -0.2) is 9.97 Å². The highest BCUT2D eigenvalue weighted by molar-refractivity contribution is 9.10. The van der Waals surface area contributed by atoms with E-state index in [1.807, 2.05) is 11.6 Å². The van der Waals surface area contributed by atoms with E-state index in [0.29, 0.717) is 17.0 Å². The summed E-state index contributed by atoms with van der Waals surface area (Å²) in [4.78, 5) is 9.34. The van der Waals surface area contributed by atoms with Crippen molar-refractivity contribution in [1.29, 1.82) is 0 Å². The van der Waals surface area contributed by atoms with Crippen molar-refractivity contribution in [2.45, 2.75) is 39.5 Å². The summed E-state index contributed by atoms with van der Waals surface area (Å²) in [5, 5.41) is 1.70. The molecule has 3 nitrogen and oxygen atoms in total. The van der Waals surface area contributed by atoms with E-state index >= 15 is 0 Å². The lowest BCUT2D eigenvalue weighted by Gasteiger charge is -2.11. The van der Waals surface area contributed by atoms with Gasteiger partial charge in [-0.1, -0.05) is 39.3 Å². The van der Waals surface area contributed by atoms with Gasteiger partial charge in [0, 0.05) is 13.0 Å². The summed E-state index contributed by atoms with van der Waals surface area (Å²) in [6, 6.07) is 0. The van der Waals surface area contributed by atoms with E-state index in [2.05, 4.69) is 48.6 Å². The molecule has 0 saturated carbocycles. The lowest BCUT2D eigenvalue weighted by Crippen LogP contribution is -2.05. The van der Waals surface area contributed by atoms with Gasteiger partial charge >= 0.3 is 0 Å². The fraction of sp³-hybridized carbons (Fsp3) is 0.538. The molecule has 0 saturated heterocycles. The van der Waals surface area contributed by atoms with E-state index in [9.17, 15) is 0 Å². The number of hydrogen-bond acceptors (Lipinski definition) is 2. The molecule has 0 aromatic carbocycles. The first-order valence-electron chi connectivity index (χ1n) is 6.05. The van der Waals surface area contributed by atoms with Crippen LogP contribution in [0.15, 0.2) is 4.47 Å². The minimum atomic E-state index is 0.305. The maximum absolute atomic E-state index is 6.28. The average molecular weight is 331 g/mol. The largest absolute Gasteiger partial charge is 0.318 e. The van der Waals surface area contributed by atoms with Gasteiger partial charge in [-0.2, -0.15) is 0 Å². The summed E-state index contributed by atoms with van der Waals surface area (Å²) in [6.45, 7) is 8.48. The Morgan fingerprint density at radius 1 is 1.11 bits per heavy atom. The topological polar surface area (TPSA) is 30.7 Å². The second kappa shape index (κ2) is 4.82. The molecular formula is C13H17BrClN3. The predicted octanol–water partition coefficient (Wildman–Crippen LogP) is 4.63. The molecule has 2 aromatic rings. The minimum absolute atomic E-state index is 0.305. The summed E-state index contributed by atoms with van der Waals surface area (Å²) in [7, 11) is 1.93. The van der Waals surface area contributed by atoms with Crippen LogP contribution in [0.25, 0.3) is 11.0 Å². The second-order valence-electron chi connectivity index (χ2n) is 5.14. The molecule has 0 bridgehead atoms. The van der Waals surface area contributed by atoms with Crippen molar-refractivity contribution < 1.29 is 0 Å². The number of fused-ring (bicyclic) bond motifs is 1. The SMILES string of the molecule is CC(C)c1nc(C(C)C)c2c(Br)c(Cl)n(C)c2n1. The first-order valence-corrected chi connectivity index (χ1v) is 7.22. The van der Waals surface area contributed by atoms with E-state index in [4.69, 9.17) is 16.6 Å². The van der Waals surface area contributed by atoms with Crippen LogP contribution < -0.4 is 0 Å². The average Bonchev–Trinajstić information content (AvgIpc) is 2.53. The second-order valence-corrected chi connectivity index (χ2v) is 6.29. The van der Waals surface area contributed by atoms with Crippen molar-refractivity contribution in [3.05, 3.63) is 21.1 Å². The molecule has 5 heteroatoms. The molecule has 0 amide bonds. The van der Waals surface area contributed by atoms with Crippen molar-refractivity contribution in [2.24, 2.45) is 7.05 Å². The molecule has 18 heavy (non-hydrogen) atoms. The number of halogens is 2. The fourth-order valence-electron chi connectivity index (χ4n) is 1.96. The van der Waals surface area contributed by atoms with Gasteiger partial charge in [-0.15, -0.1) is 0 Å². The van der Waals surface area contributed by atoms with Crippen LogP contribution in [0.4, 0.5) is 0 Å². The van der Waals surface area contributed by atoms with Gasteiger partial charge in [0.2, 0.25) is 0 Å². The first kappa shape index (κ1) is 13.8. The molecule has 0 aliphatic carbocycles. The van der Waals surface area contributed by atoms with Crippen LogP contribution in [0, 0.1) is 0 Å². The van der Waals surface area contributed by atoms with Crippen LogP contribution in [0.1, 0.15) is 51.0 Å². The highest BCUT2D eigenvalue weighted by atomic mass is 79.9. The Bertz CT molecular complexity index is 602. The van der Waals surface area contributed by atoms with Gasteiger partial charge in [0.25, 0.3) is 0 Å². The molecule has 0 spiro atoms. The fourth-order valence-corrected chi connectivity index (χ4v) is 2.78. The zero-order chi connectivity index (χ0) is 13.6. The van der Waals surface area contributed by atoms with Crippen LogP contribution in [0.2, 0.25) is 5.15 Å². The highest BCUT2D eigenvalue weighted by Crippen LogP contribution is 2.37. The lowest BCUT2D eigenvalue weighted by atomic mass is 10.1. The van der Waals surface area contributed by atoms with E-state index in [0.717, 1.165) is 27.0 Å². The van der Waals surface area contributed by atoms with Gasteiger partial charge in [-0.3, -0.25) is 0 Å². The molecule has 0 fully saturated rings. The Labute approximate surface area is 121 Å². The van der Waals surface area contributed by atoms with Gasteiger partial charge in [0.05, 0.1) is 15.6 Å². The van der Waals surface area contributed by atoms with Crippen molar-refractivity contribution in [1.82, 2.24) is 14.5 Å². The first-order chi connectivity index (χ1) is 8.34. The lowest BCUT2D eigenvalue weighted by molar-refractivity contribution is 0.737. The Morgan fingerprint density at radius 3 is 2.22 bits per heavy atom. The monoisotopic (exact) mass is 329 g/mol. The molecule has 0 aliphatic heterocycles. The van der Waals surface area contributed by atoms with Crippen molar-refractivity contribution in [3.63, 3.8) is 0 Å². The maximum atomic E-state index is 6.28. The van der Waals surface area contributed by atoms with Crippen LogP contribution in [-0.2, 0) is 7.05 Å². The smallest absolute Gasteiger partial charge is 0.146 e. The maximum Gasteiger partial charge on any atom is 0.146 e. The Kier molecular flexibility index (Phi) is 3.70. The number of rotatable bonds is 2. The molecule has 2 rings (SSSR count). The number of hydrogen-bond donors (Lipinski definition) is 0. The molecule has 98 valence electrons. The molecule has 2 aromatic heterocycles. The third kappa shape index (κ3) is 2.05. The van der Waals surface area contributed by atoms with E-state index in [-0.39, 0.29) is 0 Å². The predicted molar refractivity (Wildman–Crippen MR) is 79.4 cm³/mol. The van der Waals surface area contributed by atoms with Gasteiger partial charge < -0.3 is 4.57 Å². The van der Waals surface area contributed by atoms with Crippen molar-refractivity contribution in [2.75, 3.05) is 0 Å². The number of aromatic nitrogens is 3. The molecule has 0 atom stereocenters. The van der Waals surface area contributed by atoms with Crippen LogP contribution >= 0.6 is 27.5 Å². The molecular weight excluding hydrogens is 314 g/mol. The highest BCUT2D eigenvalue weighted by Gasteiger charge is 2.21. The summed E-state index contributed by atoms with van der Waals surface area (Å²) in [5.41, 5.74) is 1.95. The zero-order valence-electron chi connectivity index (χ0n) is 11.3. The molecule has 0 aliphatic rings. The van der Waals surface area contributed by atoms with Crippen LogP contribution in [0.3, 0.4) is 0 Å². The normalized spacial score (nSPS) is 12.1. The quantitative estimate of drug-likeness (QED) is 0.803. The summed E-state index contributed by atoms with van der Waals surface area (Å²) >= 11 is 9.83. The zero-order valence-corrected chi connectivity index (χ0v) is 13.6. The van der Waals surface area contributed by atoms with Crippen LogP contribution in [-0.4, -0.2) is 14.5 Å². The Hall–Kier alpha value is -0.610. The van der Waals surface area contributed by atoms with Crippen LogP contribution in [0.5, 0.6) is 0 Å².